The summed E-state index contributed by atoms with van der Waals surface area (Å²) >= 11 is 7.04. The molecule has 1 heterocycles. The number of hydrazone groups is 1. The van der Waals surface area contributed by atoms with Crippen molar-refractivity contribution in [2.24, 2.45) is 5.10 Å². The summed E-state index contributed by atoms with van der Waals surface area (Å²) in [5.74, 6) is 0.356. The van der Waals surface area contributed by atoms with Crippen molar-refractivity contribution < 1.29 is 14.5 Å². The molecule has 1 aliphatic rings. The normalized spacial score (nSPS) is 14.5. The number of benzene rings is 3. The SMILES string of the molecule is CC1=NN(c2ccccc2)C(=O)/C1=C/c1cc(Br)c(OCc2cccc([N+](=O)[O-])c2)c(Br)c1. The maximum atomic E-state index is 12.9. The number of carbonyl (C=O) groups is 1. The van der Waals surface area contributed by atoms with Gasteiger partial charge in [-0.15, -0.1) is 0 Å². The lowest BCUT2D eigenvalue weighted by molar-refractivity contribution is -0.384. The van der Waals surface area contributed by atoms with Gasteiger partial charge in [-0.25, -0.2) is 0 Å². The first-order valence-electron chi connectivity index (χ1n) is 9.85. The van der Waals surface area contributed by atoms with Crippen molar-refractivity contribution in [1.82, 2.24) is 0 Å². The lowest BCUT2D eigenvalue weighted by Gasteiger charge is -2.12. The molecule has 0 N–H and O–H groups in total. The summed E-state index contributed by atoms with van der Waals surface area (Å²) in [6, 6.07) is 19.2. The monoisotopic (exact) mass is 569 g/mol. The van der Waals surface area contributed by atoms with E-state index >= 15 is 0 Å². The van der Waals surface area contributed by atoms with Crippen LogP contribution >= 0.6 is 31.9 Å². The number of ether oxygens (including phenoxy) is 1. The lowest BCUT2D eigenvalue weighted by atomic mass is 10.1. The maximum Gasteiger partial charge on any atom is 0.280 e. The third-order valence-electron chi connectivity index (χ3n) is 4.90. The first-order valence-corrected chi connectivity index (χ1v) is 11.4. The summed E-state index contributed by atoms with van der Waals surface area (Å²) in [5.41, 5.74) is 3.31. The molecule has 7 nitrogen and oxygen atoms in total. The number of halogens is 2. The summed E-state index contributed by atoms with van der Waals surface area (Å²) in [5, 5.41) is 16.8. The van der Waals surface area contributed by atoms with Crippen molar-refractivity contribution in [3.05, 3.63) is 102 Å². The Morgan fingerprint density at radius 2 is 1.76 bits per heavy atom. The van der Waals surface area contributed by atoms with Gasteiger partial charge < -0.3 is 4.74 Å². The molecule has 0 unspecified atom stereocenters. The van der Waals surface area contributed by atoms with Crippen LogP contribution in [0.1, 0.15) is 18.1 Å². The minimum atomic E-state index is -0.438. The van der Waals surface area contributed by atoms with Crippen LogP contribution in [0.15, 0.2) is 86.3 Å². The molecule has 0 radical (unpaired) electrons. The van der Waals surface area contributed by atoms with E-state index in [1.54, 1.807) is 25.1 Å². The molecule has 0 aromatic heterocycles. The van der Waals surface area contributed by atoms with Crippen molar-refractivity contribution in [2.45, 2.75) is 13.5 Å². The maximum absolute atomic E-state index is 12.9. The van der Waals surface area contributed by atoms with Crippen LogP contribution in [0.2, 0.25) is 0 Å². The summed E-state index contributed by atoms with van der Waals surface area (Å²) < 4.78 is 7.24. The fourth-order valence-electron chi connectivity index (χ4n) is 3.31. The molecule has 1 amide bonds. The van der Waals surface area contributed by atoms with E-state index in [2.05, 4.69) is 37.0 Å². The summed E-state index contributed by atoms with van der Waals surface area (Å²) in [6.45, 7) is 1.96. The minimum Gasteiger partial charge on any atom is -0.487 e. The van der Waals surface area contributed by atoms with Crippen molar-refractivity contribution in [3.63, 3.8) is 0 Å². The average Bonchev–Trinajstić information content (AvgIpc) is 3.07. The third kappa shape index (κ3) is 5.04. The van der Waals surface area contributed by atoms with Gasteiger partial charge in [0, 0.05) is 12.1 Å². The molecular formula is C24H17Br2N3O4. The third-order valence-corrected chi connectivity index (χ3v) is 6.08. The largest absolute Gasteiger partial charge is 0.487 e. The Morgan fingerprint density at radius 1 is 1.06 bits per heavy atom. The van der Waals surface area contributed by atoms with E-state index in [9.17, 15) is 14.9 Å². The second-order valence-corrected chi connectivity index (χ2v) is 8.93. The number of rotatable bonds is 6. The molecule has 33 heavy (non-hydrogen) atoms. The van der Waals surface area contributed by atoms with E-state index in [-0.39, 0.29) is 18.2 Å². The Balaban J connectivity index is 1.54. The average molecular weight is 571 g/mol. The Bertz CT molecular complexity index is 1280. The molecule has 9 heteroatoms. The van der Waals surface area contributed by atoms with Gasteiger partial charge in [0.1, 0.15) is 12.4 Å². The van der Waals surface area contributed by atoms with Crippen LogP contribution < -0.4 is 9.75 Å². The molecule has 0 aliphatic carbocycles. The van der Waals surface area contributed by atoms with Crippen LogP contribution in [0.25, 0.3) is 6.08 Å². The number of non-ortho nitro benzene ring substituents is 1. The molecular weight excluding hydrogens is 554 g/mol. The molecule has 0 saturated carbocycles. The van der Waals surface area contributed by atoms with Gasteiger partial charge in [0.05, 0.1) is 30.8 Å². The standard InChI is InChI=1S/C24H17Br2N3O4/c1-15-20(24(30)28(27-15)18-7-3-2-4-8-18)11-17-12-21(25)23(22(26)13-17)33-14-16-6-5-9-19(10-16)29(31)32/h2-13H,14H2,1H3/b20-11+. The van der Waals surface area contributed by atoms with Crippen LogP contribution in [-0.2, 0) is 11.4 Å². The Labute approximate surface area is 206 Å². The van der Waals surface area contributed by atoms with E-state index in [1.165, 1.54) is 17.1 Å². The van der Waals surface area contributed by atoms with Crippen LogP contribution in [0.4, 0.5) is 11.4 Å². The summed E-state index contributed by atoms with van der Waals surface area (Å²) in [6.07, 6.45) is 1.78. The molecule has 3 aromatic carbocycles. The molecule has 1 aliphatic heterocycles. The molecule has 166 valence electrons. The van der Waals surface area contributed by atoms with Crippen molar-refractivity contribution in [2.75, 3.05) is 5.01 Å². The van der Waals surface area contributed by atoms with E-state index in [0.29, 0.717) is 37.2 Å². The number of para-hydroxylation sites is 1. The minimum absolute atomic E-state index is 0.0130. The van der Waals surface area contributed by atoms with E-state index in [4.69, 9.17) is 4.74 Å². The highest BCUT2D eigenvalue weighted by Crippen LogP contribution is 2.36. The smallest absolute Gasteiger partial charge is 0.280 e. The van der Waals surface area contributed by atoms with E-state index < -0.39 is 4.92 Å². The predicted octanol–water partition coefficient (Wildman–Crippen LogP) is 6.50. The van der Waals surface area contributed by atoms with Gasteiger partial charge in [-0.3, -0.25) is 14.9 Å². The van der Waals surface area contributed by atoms with Crippen LogP contribution in [0, 0.1) is 10.1 Å². The zero-order valence-corrected chi connectivity index (χ0v) is 20.5. The highest BCUT2D eigenvalue weighted by atomic mass is 79.9. The van der Waals surface area contributed by atoms with Gasteiger partial charge in [0.15, 0.2) is 0 Å². The topological polar surface area (TPSA) is 85.0 Å². The van der Waals surface area contributed by atoms with Crippen molar-refractivity contribution in [3.8, 4) is 5.75 Å². The molecule has 0 saturated heterocycles. The van der Waals surface area contributed by atoms with Crippen LogP contribution in [-0.4, -0.2) is 16.5 Å². The van der Waals surface area contributed by atoms with Crippen molar-refractivity contribution in [1.29, 1.82) is 0 Å². The Morgan fingerprint density at radius 3 is 2.42 bits per heavy atom. The molecule has 4 rings (SSSR count). The number of nitro benzene ring substituents is 1. The predicted molar refractivity (Wildman–Crippen MR) is 134 cm³/mol. The zero-order chi connectivity index (χ0) is 23.5. The first kappa shape index (κ1) is 22.9. The van der Waals surface area contributed by atoms with Crippen molar-refractivity contribution >= 4 is 60.9 Å². The highest BCUT2D eigenvalue weighted by Gasteiger charge is 2.28. The first-order chi connectivity index (χ1) is 15.8. The number of carbonyl (C=O) groups excluding carboxylic acids is 1. The second kappa shape index (κ2) is 9.68. The van der Waals surface area contributed by atoms with E-state index in [0.717, 1.165) is 5.56 Å². The fourth-order valence-corrected chi connectivity index (χ4v) is 4.76. The van der Waals surface area contributed by atoms with Gasteiger partial charge in [-0.05, 0) is 80.3 Å². The van der Waals surface area contributed by atoms with Gasteiger partial charge in [-0.1, -0.05) is 30.3 Å². The fraction of sp³-hybridized carbons (Fsp3) is 0.0833. The van der Waals surface area contributed by atoms with Gasteiger partial charge >= 0.3 is 0 Å². The number of anilines is 1. The number of nitro groups is 1. The zero-order valence-electron chi connectivity index (χ0n) is 17.4. The number of nitrogens with zero attached hydrogens (tertiary/aromatic N) is 3. The highest BCUT2D eigenvalue weighted by molar-refractivity contribution is 9.11. The molecule has 0 bridgehead atoms. The number of amides is 1. The summed E-state index contributed by atoms with van der Waals surface area (Å²) in [4.78, 5) is 23.5. The van der Waals surface area contributed by atoms with Gasteiger partial charge in [-0.2, -0.15) is 10.1 Å². The van der Waals surface area contributed by atoms with Gasteiger partial charge in [0.2, 0.25) is 0 Å². The molecule has 0 fully saturated rings. The second-order valence-electron chi connectivity index (χ2n) is 7.23. The Hall–Kier alpha value is -3.30. The number of hydrogen-bond acceptors (Lipinski definition) is 5. The van der Waals surface area contributed by atoms with Crippen LogP contribution in [0.3, 0.4) is 0 Å². The summed E-state index contributed by atoms with van der Waals surface area (Å²) in [7, 11) is 0. The lowest BCUT2D eigenvalue weighted by Crippen LogP contribution is -2.21. The number of hydrogen-bond donors (Lipinski definition) is 0. The van der Waals surface area contributed by atoms with Gasteiger partial charge in [0.25, 0.3) is 11.6 Å². The molecule has 0 spiro atoms. The quantitative estimate of drug-likeness (QED) is 0.192. The molecule has 0 atom stereocenters. The Kier molecular flexibility index (Phi) is 6.71. The van der Waals surface area contributed by atoms with E-state index in [1.807, 2.05) is 42.5 Å². The van der Waals surface area contributed by atoms with Crippen LogP contribution in [0.5, 0.6) is 5.75 Å². The molecule has 3 aromatic rings.